The minimum Gasteiger partial charge on any atom is -0.497 e. The number of sulfonamides is 1. The number of methoxy groups -OCH3 is 1. The van der Waals surface area contributed by atoms with Crippen LogP contribution in [0.4, 0.5) is 0 Å². The SMILES string of the molecule is CCOc1ccc(S(=O)(=O)N2CCCC(c3nnc(-c4cccc(OC)c4)o3)C2)cc1. The maximum atomic E-state index is 13.1. The summed E-state index contributed by atoms with van der Waals surface area (Å²) in [7, 11) is -2.02. The molecular weight excluding hydrogens is 418 g/mol. The minimum atomic E-state index is -3.62. The molecule has 0 aliphatic carbocycles. The number of piperidine rings is 1. The molecule has 3 aromatic rings. The average molecular weight is 444 g/mol. The summed E-state index contributed by atoms with van der Waals surface area (Å²) in [5.41, 5.74) is 0.757. The zero-order valence-corrected chi connectivity index (χ0v) is 18.3. The molecule has 2 heterocycles. The molecule has 0 radical (unpaired) electrons. The van der Waals surface area contributed by atoms with Gasteiger partial charge in [0.05, 0.1) is 24.5 Å². The number of aromatic nitrogens is 2. The van der Waals surface area contributed by atoms with Gasteiger partial charge in [0.2, 0.25) is 21.8 Å². The average Bonchev–Trinajstić information content (AvgIpc) is 3.30. The summed E-state index contributed by atoms with van der Waals surface area (Å²) >= 11 is 0. The van der Waals surface area contributed by atoms with Gasteiger partial charge in [-0.3, -0.25) is 0 Å². The fraction of sp³-hybridized carbons (Fsp3) is 0.364. The first kappa shape index (κ1) is 21.3. The summed E-state index contributed by atoms with van der Waals surface area (Å²) in [5.74, 6) is 2.03. The molecule has 1 saturated heterocycles. The molecule has 164 valence electrons. The van der Waals surface area contributed by atoms with Gasteiger partial charge in [0.15, 0.2) is 0 Å². The van der Waals surface area contributed by atoms with Crippen molar-refractivity contribution < 1.29 is 22.3 Å². The molecule has 0 bridgehead atoms. The summed E-state index contributed by atoms with van der Waals surface area (Å²) in [6.07, 6.45) is 1.51. The lowest BCUT2D eigenvalue weighted by Gasteiger charge is -2.30. The molecule has 2 aromatic carbocycles. The van der Waals surface area contributed by atoms with Crippen molar-refractivity contribution in [2.45, 2.75) is 30.6 Å². The van der Waals surface area contributed by atoms with Gasteiger partial charge in [-0.25, -0.2) is 8.42 Å². The first-order chi connectivity index (χ1) is 15.0. The molecule has 1 fully saturated rings. The molecule has 0 saturated carbocycles. The van der Waals surface area contributed by atoms with Crippen LogP contribution in [0.3, 0.4) is 0 Å². The predicted molar refractivity (Wildman–Crippen MR) is 115 cm³/mol. The Kier molecular flexibility index (Phi) is 6.24. The third-order valence-electron chi connectivity index (χ3n) is 5.26. The van der Waals surface area contributed by atoms with E-state index in [-0.39, 0.29) is 10.8 Å². The van der Waals surface area contributed by atoms with Crippen LogP contribution in [0.25, 0.3) is 11.5 Å². The molecule has 1 aromatic heterocycles. The van der Waals surface area contributed by atoms with E-state index in [9.17, 15) is 8.42 Å². The second kappa shape index (κ2) is 9.07. The smallest absolute Gasteiger partial charge is 0.247 e. The highest BCUT2D eigenvalue weighted by Crippen LogP contribution is 2.32. The second-order valence-corrected chi connectivity index (χ2v) is 9.22. The Morgan fingerprint density at radius 3 is 2.68 bits per heavy atom. The van der Waals surface area contributed by atoms with E-state index in [0.29, 0.717) is 43.0 Å². The third-order valence-corrected chi connectivity index (χ3v) is 7.14. The number of hydrogen-bond donors (Lipinski definition) is 0. The summed E-state index contributed by atoms with van der Waals surface area (Å²) in [6, 6.07) is 13.9. The van der Waals surface area contributed by atoms with E-state index in [4.69, 9.17) is 13.9 Å². The van der Waals surface area contributed by atoms with Crippen LogP contribution >= 0.6 is 0 Å². The van der Waals surface area contributed by atoms with E-state index in [0.717, 1.165) is 18.4 Å². The summed E-state index contributed by atoms with van der Waals surface area (Å²) in [4.78, 5) is 0.249. The molecule has 1 aliphatic rings. The lowest BCUT2D eigenvalue weighted by molar-refractivity contribution is 0.286. The van der Waals surface area contributed by atoms with Gasteiger partial charge in [-0.15, -0.1) is 10.2 Å². The van der Waals surface area contributed by atoms with Gasteiger partial charge >= 0.3 is 0 Å². The Balaban J connectivity index is 1.51. The van der Waals surface area contributed by atoms with Crippen LogP contribution in [0.15, 0.2) is 57.8 Å². The number of hydrogen-bond acceptors (Lipinski definition) is 7. The largest absolute Gasteiger partial charge is 0.497 e. The van der Waals surface area contributed by atoms with Gasteiger partial charge in [0.1, 0.15) is 11.5 Å². The minimum absolute atomic E-state index is 0.155. The van der Waals surface area contributed by atoms with Crippen molar-refractivity contribution in [2.75, 3.05) is 26.8 Å². The molecular formula is C22H25N3O5S. The Morgan fingerprint density at radius 1 is 1.13 bits per heavy atom. The molecule has 4 rings (SSSR count). The molecule has 0 spiro atoms. The highest BCUT2D eigenvalue weighted by molar-refractivity contribution is 7.89. The lowest BCUT2D eigenvalue weighted by atomic mass is 10.00. The predicted octanol–water partition coefficient (Wildman–Crippen LogP) is 3.71. The Labute approximate surface area is 181 Å². The van der Waals surface area contributed by atoms with Crippen molar-refractivity contribution >= 4 is 10.0 Å². The van der Waals surface area contributed by atoms with Crippen molar-refractivity contribution in [3.05, 3.63) is 54.4 Å². The summed E-state index contributed by atoms with van der Waals surface area (Å²) in [6.45, 7) is 3.18. The molecule has 31 heavy (non-hydrogen) atoms. The maximum Gasteiger partial charge on any atom is 0.247 e. The Morgan fingerprint density at radius 2 is 1.94 bits per heavy atom. The lowest BCUT2D eigenvalue weighted by Crippen LogP contribution is -2.39. The number of benzene rings is 2. The first-order valence-corrected chi connectivity index (χ1v) is 11.7. The molecule has 0 amide bonds. The zero-order valence-electron chi connectivity index (χ0n) is 17.5. The van der Waals surface area contributed by atoms with E-state index < -0.39 is 10.0 Å². The van der Waals surface area contributed by atoms with Crippen LogP contribution < -0.4 is 9.47 Å². The van der Waals surface area contributed by atoms with Crippen molar-refractivity contribution in [2.24, 2.45) is 0 Å². The van der Waals surface area contributed by atoms with Crippen LogP contribution in [0.1, 0.15) is 31.6 Å². The summed E-state index contributed by atoms with van der Waals surface area (Å²) < 4.78 is 44.3. The second-order valence-electron chi connectivity index (χ2n) is 7.28. The molecule has 8 nitrogen and oxygen atoms in total. The maximum absolute atomic E-state index is 13.1. The third kappa shape index (κ3) is 4.57. The van der Waals surface area contributed by atoms with Gasteiger partial charge < -0.3 is 13.9 Å². The quantitative estimate of drug-likeness (QED) is 0.549. The van der Waals surface area contributed by atoms with Gasteiger partial charge in [-0.1, -0.05) is 6.07 Å². The van der Waals surface area contributed by atoms with E-state index in [1.54, 1.807) is 31.4 Å². The van der Waals surface area contributed by atoms with Crippen molar-refractivity contribution in [1.82, 2.24) is 14.5 Å². The molecule has 1 aliphatic heterocycles. The van der Waals surface area contributed by atoms with Gasteiger partial charge in [-0.2, -0.15) is 4.31 Å². The standard InChI is InChI=1S/C22H25N3O5S/c1-3-29-18-9-11-20(12-10-18)31(26,27)25-13-5-7-17(15-25)22-24-23-21(30-22)16-6-4-8-19(14-16)28-2/h4,6,8-12,14,17H,3,5,7,13,15H2,1-2H3. The van der Waals surface area contributed by atoms with Gasteiger partial charge in [0, 0.05) is 18.7 Å². The first-order valence-electron chi connectivity index (χ1n) is 10.2. The molecule has 0 N–H and O–H groups in total. The van der Waals surface area contributed by atoms with Crippen LogP contribution in [-0.2, 0) is 10.0 Å². The van der Waals surface area contributed by atoms with Crippen molar-refractivity contribution in [3.63, 3.8) is 0 Å². The number of rotatable bonds is 7. The molecule has 1 atom stereocenters. The van der Waals surface area contributed by atoms with E-state index in [2.05, 4.69) is 10.2 Å². The van der Waals surface area contributed by atoms with Gasteiger partial charge in [0.25, 0.3) is 0 Å². The van der Waals surface area contributed by atoms with Crippen LogP contribution in [0.2, 0.25) is 0 Å². The fourth-order valence-corrected chi connectivity index (χ4v) is 5.18. The Hall–Kier alpha value is -2.91. The number of ether oxygens (including phenoxy) is 2. The van der Waals surface area contributed by atoms with Gasteiger partial charge in [-0.05, 0) is 62.2 Å². The highest BCUT2D eigenvalue weighted by Gasteiger charge is 2.33. The number of nitrogens with zero attached hydrogens (tertiary/aromatic N) is 3. The topological polar surface area (TPSA) is 94.8 Å². The monoisotopic (exact) mass is 443 g/mol. The van der Waals surface area contributed by atoms with Crippen molar-refractivity contribution in [3.8, 4) is 23.0 Å². The summed E-state index contributed by atoms with van der Waals surface area (Å²) in [5, 5.41) is 8.35. The Bertz CT molecular complexity index is 1130. The van der Waals surface area contributed by atoms with E-state index in [1.165, 1.54) is 4.31 Å². The van der Waals surface area contributed by atoms with E-state index >= 15 is 0 Å². The fourth-order valence-electron chi connectivity index (χ4n) is 3.66. The van der Waals surface area contributed by atoms with Crippen LogP contribution in [0, 0.1) is 0 Å². The highest BCUT2D eigenvalue weighted by atomic mass is 32.2. The van der Waals surface area contributed by atoms with Crippen LogP contribution in [0.5, 0.6) is 11.5 Å². The molecule has 1 unspecified atom stereocenters. The van der Waals surface area contributed by atoms with Crippen LogP contribution in [-0.4, -0.2) is 49.7 Å². The zero-order chi connectivity index (χ0) is 21.8. The van der Waals surface area contributed by atoms with E-state index in [1.807, 2.05) is 31.2 Å². The molecule has 9 heteroatoms. The van der Waals surface area contributed by atoms with Crippen molar-refractivity contribution in [1.29, 1.82) is 0 Å². The normalized spacial score (nSPS) is 17.4.